The number of likely N-dealkylation sites (N-methyl/N-ethyl adjacent to an activating group) is 1. The van der Waals surface area contributed by atoms with Gasteiger partial charge in [-0.15, -0.1) is 11.8 Å². The maximum absolute atomic E-state index is 13.4. The van der Waals surface area contributed by atoms with Gasteiger partial charge >= 0.3 is 0 Å². The van der Waals surface area contributed by atoms with Gasteiger partial charge in [-0.05, 0) is 43.0 Å². The molecule has 1 amide bonds. The summed E-state index contributed by atoms with van der Waals surface area (Å²) in [5.41, 5.74) is 7.38. The van der Waals surface area contributed by atoms with E-state index in [-0.39, 0.29) is 11.9 Å². The lowest BCUT2D eigenvalue weighted by Gasteiger charge is -2.49. The van der Waals surface area contributed by atoms with E-state index in [4.69, 9.17) is 10.3 Å². The van der Waals surface area contributed by atoms with Gasteiger partial charge in [0.15, 0.2) is 0 Å². The number of rotatable bonds is 9. The van der Waals surface area contributed by atoms with Crippen molar-refractivity contribution in [3.63, 3.8) is 0 Å². The number of nitrogens with one attached hydrogen (secondary N) is 1. The molecule has 3 unspecified atom stereocenters. The summed E-state index contributed by atoms with van der Waals surface area (Å²) >= 11 is 1.21. The van der Waals surface area contributed by atoms with E-state index in [9.17, 15) is 20.1 Å². The molecule has 0 aromatic carbocycles. The number of amides is 1. The van der Waals surface area contributed by atoms with Crippen LogP contribution in [0.5, 0.6) is 0 Å². The number of hydrogen-bond acceptors (Lipinski definition) is 8. The van der Waals surface area contributed by atoms with Gasteiger partial charge in [0.1, 0.15) is 29.9 Å². The molecule has 32 heavy (non-hydrogen) atoms. The highest BCUT2D eigenvalue weighted by Crippen LogP contribution is 2.37. The molecule has 2 aliphatic rings. The monoisotopic (exact) mass is 473 g/mol. The van der Waals surface area contributed by atoms with Crippen molar-refractivity contribution in [3.8, 4) is 0 Å². The molecule has 2 heterocycles. The molecular weight excluding hydrogens is 434 g/mol. The molecule has 2 aliphatic heterocycles. The van der Waals surface area contributed by atoms with Crippen LogP contribution in [0.3, 0.4) is 0 Å². The third-order valence-electron chi connectivity index (χ3n) is 7.20. The average molecular weight is 474 g/mol. The van der Waals surface area contributed by atoms with E-state index in [0.29, 0.717) is 5.92 Å². The zero-order valence-corrected chi connectivity index (χ0v) is 20.7. The first-order valence-corrected chi connectivity index (χ1v) is 12.6. The van der Waals surface area contributed by atoms with Crippen LogP contribution >= 0.6 is 11.8 Å². The first-order chi connectivity index (χ1) is 15.0. The van der Waals surface area contributed by atoms with Crippen molar-refractivity contribution in [2.75, 3.05) is 19.8 Å². The van der Waals surface area contributed by atoms with Gasteiger partial charge < -0.3 is 25.4 Å². The molecule has 11 heteroatoms. The molecule has 0 bridgehead atoms. The highest BCUT2D eigenvalue weighted by molar-refractivity contribution is 7.99. The Labute approximate surface area is 194 Å². The molecule has 0 aliphatic carbocycles. The van der Waals surface area contributed by atoms with Crippen LogP contribution in [0.4, 0.5) is 0 Å². The van der Waals surface area contributed by atoms with Gasteiger partial charge in [-0.3, -0.25) is 9.69 Å². The highest BCUT2D eigenvalue weighted by atomic mass is 32.2. The number of carbonyl (C=O) groups is 1. The molecule has 0 spiro atoms. The maximum Gasteiger partial charge on any atom is 0.237 e. The highest BCUT2D eigenvalue weighted by Gasteiger charge is 2.52. The maximum atomic E-state index is 13.4. The Bertz CT molecular complexity index is 689. The van der Waals surface area contributed by atoms with Crippen LogP contribution in [-0.2, 0) is 9.53 Å². The topological polar surface area (TPSA) is 151 Å². The lowest BCUT2D eigenvalue weighted by molar-refractivity contribution is -0.213. The van der Waals surface area contributed by atoms with E-state index < -0.39 is 47.4 Å². The number of nitrogens with zero attached hydrogens (tertiary/aromatic N) is 4. The fourth-order valence-electron chi connectivity index (χ4n) is 4.80. The van der Waals surface area contributed by atoms with Crippen LogP contribution in [0, 0.1) is 11.3 Å². The summed E-state index contributed by atoms with van der Waals surface area (Å²) in [6, 6.07) is -1.63. The second-order valence-electron chi connectivity index (χ2n) is 9.71. The lowest BCUT2D eigenvalue weighted by atomic mass is 9.73. The molecule has 9 atom stereocenters. The molecule has 0 aromatic rings. The first kappa shape index (κ1) is 27.2. The molecule has 2 fully saturated rings. The van der Waals surface area contributed by atoms with Crippen LogP contribution in [0.2, 0.25) is 0 Å². The van der Waals surface area contributed by atoms with Gasteiger partial charge in [0.25, 0.3) is 0 Å². The number of hydrogen-bond donors (Lipinski definition) is 4. The third kappa shape index (κ3) is 5.70. The van der Waals surface area contributed by atoms with E-state index in [1.54, 1.807) is 13.2 Å². The van der Waals surface area contributed by atoms with Gasteiger partial charge in [-0.2, -0.15) is 0 Å². The van der Waals surface area contributed by atoms with Crippen molar-refractivity contribution in [2.45, 2.75) is 94.9 Å². The summed E-state index contributed by atoms with van der Waals surface area (Å²) in [6.07, 6.45) is -0.522. The van der Waals surface area contributed by atoms with E-state index in [1.807, 2.05) is 25.8 Å². The van der Waals surface area contributed by atoms with Crippen molar-refractivity contribution in [1.82, 2.24) is 10.2 Å². The van der Waals surface area contributed by atoms with E-state index in [0.717, 1.165) is 25.8 Å². The first-order valence-electron chi connectivity index (χ1n) is 11.3. The molecule has 10 nitrogen and oxygen atoms in total. The van der Waals surface area contributed by atoms with Gasteiger partial charge in [0.05, 0.1) is 12.1 Å². The largest absolute Gasteiger partial charge is 0.388 e. The number of carbonyl (C=O) groups excluding carboxylic acids is 1. The summed E-state index contributed by atoms with van der Waals surface area (Å²) in [6.45, 7) is 8.38. The zero-order chi connectivity index (χ0) is 24.2. The molecule has 4 N–H and O–H groups in total. The fourth-order valence-corrected chi connectivity index (χ4v) is 5.48. The summed E-state index contributed by atoms with van der Waals surface area (Å²) < 4.78 is 6.00. The minimum Gasteiger partial charge on any atom is -0.388 e. The normalized spacial score (nSPS) is 35.7. The van der Waals surface area contributed by atoms with Crippen LogP contribution in [0.15, 0.2) is 5.11 Å². The molecule has 0 saturated carbocycles. The summed E-state index contributed by atoms with van der Waals surface area (Å²) in [4.78, 5) is 18.3. The number of aliphatic hydroxyl groups is 3. The van der Waals surface area contributed by atoms with Crippen LogP contribution in [0.1, 0.15) is 47.0 Å². The summed E-state index contributed by atoms with van der Waals surface area (Å²) in [5, 5.41) is 38.4. The third-order valence-corrected chi connectivity index (χ3v) is 8.06. The predicted molar refractivity (Wildman–Crippen MR) is 124 cm³/mol. The van der Waals surface area contributed by atoms with Gasteiger partial charge in [0.2, 0.25) is 5.91 Å². The van der Waals surface area contributed by atoms with Gasteiger partial charge in [-0.1, -0.05) is 39.2 Å². The summed E-state index contributed by atoms with van der Waals surface area (Å²) in [5.74, 6) is 0.262. The van der Waals surface area contributed by atoms with E-state index in [1.165, 1.54) is 11.8 Å². The standard InChI is InChI=1S/C21H39N5O5S/c1-7-8-12-9-13(26(5)10-12)19(30)23-18(21(3,4)11(2)24-25-22)17-15(28)14(27)16(29)20(31-17)32-6/h11-18,20,27-29H,7-10H2,1-6H3,(H,23,30)/t11?,12-,13+,14?,15+,16-,17+,18+,20?/m1/s1. The average Bonchev–Trinajstić information content (AvgIpc) is 3.11. The van der Waals surface area contributed by atoms with Crippen molar-refractivity contribution in [1.29, 1.82) is 0 Å². The fraction of sp³-hybridized carbons (Fsp3) is 0.952. The Morgan fingerprint density at radius 2 is 2.00 bits per heavy atom. The van der Waals surface area contributed by atoms with Gasteiger partial charge in [-0.25, -0.2) is 0 Å². The van der Waals surface area contributed by atoms with Crippen LogP contribution < -0.4 is 5.32 Å². The Hall–Kier alpha value is -1.07. The van der Waals surface area contributed by atoms with Crippen LogP contribution in [-0.4, -0.2) is 94.0 Å². The van der Waals surface area contributed by atoms with Crippen molar-refractivity contribution >= 4 is 17.7 Å². The minimum absolute atomic E-state index is 0.186. The SMILES string of the molecule is CCC[C@@H]1C[C@@H](C(=O)N[C@@H]([C@H]2OC(SC)[C@H](O)C(O)[C@@H]2O)C(C)(C)C(C)N=[N+]=[N-])N(C)C1. The molecular formula is C21H39N5O5S. The number of aliphatic hydroxyl groups excluding tert-OH is 3. The summed E-state index contributed by atoms with van der Waals surface area (Å²) in [7, 11) is 1.93. The molecule has 184 valence electrons. The Morgan fingerprint density at radius 1 is 1.34 bits per heavy atom. The Kier molecular flexibility index (Phi) is 9.66. The number of ether oxygens (including phenoxy) is 1. The Balaban J connectivity index is 2.35. The van der Waals surface area contributed by atoms with E-state index in [2.05, 4.69) is 22.3 Å². The van der Waals surface area contributed by atoms with E-state index >= 15 is 0 Å². The minimum atomic E-state index is -1.43. The van der Waals surface area contributed by atoms with Crippen LogP contribution in [0.25, 0.3) is 10.4 Å². The quantitative estimate of drug-likeness (QED) is 0.225. The second kappa shape index (κ2) is 11.4. The smallest absolute Gasteiger partial charge is 0.237 e. The molecule has 0 aromatic heterocycles. The van der Waals surface area contributed by atoms with Gasteiger partial charge in [0, 0.05) is 17.5 Å². The molecule has 2 rings (SSSR count). The molecule has 0 radical (unpaired) electrons. The van der Waals surface area contributed by atoms with Crippen molar-refractivity contribution in [2.24, 2.45) is 16.4 Å². The zero-order valence-electron chi connectivity index (χ0n) is 19.9. The lowest BCUT2D eigenvalue weighted by Crippen LogP contribution is -2.67. The number of azide groups is 1. The Morgan fingerprint density at radius 3 is 2.56 bits per heavy atom. The van der Waals surface area contributed by atoms with Crippen molar-refractivity contribution in [3.05, 3.63) is 10.4 Å². The van der Waals surface area contributed by atoms with Crippen molar-refractivity contribution < 1.29 is 24.9 Å². The predicted octanol–water partition coefficient (Wildman–Crippen LogP) is 1.49. The second-order valence-corrected chi connectivity index (χ2v) is 10.6. The number of thioether (sulfide) groups is 1. The number of likely N-dealkylation sites (tertiary alicyclic amines) is 1. The molecule has 2 saturated heterocycles.